The van der Waals surface area contributed by atoms with Gasteiger partial charge in [0.1, 0.15) is 12.4 Å². The number of hydrogen-bond donors (Lipinski definition) is 0. The summed E-state index contributed by atoms with van der Waals surface area (Å²) in [7, 11) is 0. The van der Waals surface area contributed by atoms with E-state index in [0.29, 0.717) is 6.61 Å². The third kappa shape index (κ3) is 3.73. The zero-order chi connectivity index (χ0) is 12.0. The zero-order valence-corrected chi connectivity index (χ0v) is 9.47. The highest BCUT2D eigenvalue weighted by molar-refractivity contribution is 5.92. The first-order valence-electron chi connectivity index (χ1n) is 5.08. The Morgan fingerprint density at radius 2 is 1.69 bits per heavy atom. The summed E-state index contributed by atoms with van der Waals surface area (Å²) in [6.45, 7) is 3.32. The molecule has 1 aromatic rings. The van der Waals surface area contributed by atoms with Gasteiger partial charge in [-0.1, -0.05) is 18.2 Å². The van der Waals surface area contributed by atoms with Gasteiger partial charge in [0.05, 0.1) is 6.54 Å². The quantitative estimate of drug-likeness (QED) is 0.773. The third-order valence-electron chi connectivity index (χ3n) is 2.09. The second kappa shape index (κ2) is 5.90. The lowest BCUT2D eigenvalue weighted by Crippen LogP contribution is -2.36. The number of ether oxygens (including phenoxy) is 1. The predicted molar refractivity (Wildman–Crippen MR) is 60.0 cm³/mol. The molecule has 0 aliphatic heterocycles. The Morgan fingerprint density at radius 1 is 1.12 bits per heavy atom. The first kappa shape index (κ1) is 12.2. The monoisotopic (exact) mass is 221 g/mol. The van der Waals surface area contributed by atoms with Crippen LogP contribution in [0, 0.1) is 0 Å². The molecule has 0 aliphatic carbocycles. The molecule has 4 heteroatoms. The van der Waals surface area contributed by atoms with E-state index in [-0.39, 0.29) is 18.4 Å². The SMILES string of the molecule is CC(=O)N(CCOc1ccccc1)C(C)=O. The van der Waals surface area contributed by atoms with Crippen LogP contribution >= 0.6 is 0 Å². The minimum atomic E-state index is -0.260. The van der Waals surface area contributed by atoms with Crippen molar-refractivity contribution in [3.05, 3.63) is 30.3 Å². The summed E-state index contributed by atoms with van der Waals surface area (Å²) in [6.07, 6.45) is 0. The predicted octanol–water partition coefficient (Wildman–Crippen LogP) is 1.46. The number of imide groups is 1. The van der Waals surface area contributed by atoms with Crippen molar-refractivity contribution in [1.82, 2.24) is 4.90 Å². The van der Waals surface area contributed by atoms with E-state index in [2.05, 4.69) is 0 Å². The average Bonchev–Trinajstić information content (AvgIpc) is 2.24. The number of benzene rings is 1. The van der Waals surface area contributed by atoms with E-state index in [1.807, 2.05) is 30.3 Å². The Morgan fingerprint density at radius 3 is 2.19 bits per heavy atom. The molecule has 86 valence electrons. The number of rotatable bonds is 4. The van der Waals surface area contributed by atoms with Crippen molar-refractivity contribution in [3.63, 3.8) is 0 Å². The number of amides is 2. The zero-order valence-electron chi connectivity index (χ0n) is 9.47. The Bertz CT molecular complexity index is 348. The van der Waals surface area contributed by atoms with E-state index in [9.17, 15) is 9.59 Å². The lowest BCUT2D eigenvalue weighted by molar-refractivity contribution is -0.142. The third-order valence-corrected chi connectivity index (χ3v) is 2.09. The van der Waals surface area contributed by atoms with E-state index >= 15 is 0 Å². The van der Waals surface area contributed by atoms with Crippen molar-refractivity contribution >= 4 is 11.8 Å². The van der Waals surface area contributed by atoms with Gasteiger partial charge in [0.15, 0.2) is 0 Å². The summed E-state index contributed by atoms with van der Waals surface area (Å²) in [5.41, 5.74) is 0. The van der Waals surface area contributed by atoms with E-state index in [4.69, 9.17) is 4.74 Å². The molecule has 0 fully saturated rings. The van der Waals surface area contributed by atoms with Crippen LogP contribution < -0.4 is 4.74 Å². The number of carbonyl (C=O) groups is 2. The van der Waals surface area contributed by atoms with Gasteiger partial charge in [-0.25, -0.2) is 0 Å². The van der Waals surface area contributed by atoms with Crippen LogP contribution in [0.1, 0.15) is 13.8 Å². The van der Waals surface area contributed by atoms with Gasteiger partial charge in [-0.3, -0.25) is 14.5 Å². The maximum Gasteiger partial charge on any atom is 0.226 e. The van der Waals surface area contributed by atoms with Crippen molar-refractivity contribution in [2.45, 2.75) is 13.8 Å². The summed E-state index contributed by atoms with van der Waals surface area (Å²) in [5.74, 6) is 0.211. The van der Waals surface area contributed by atoms with Gasteiger partial charge >= 0.3 is 0 Å². The van der Waals surface area contributed by atoms with Crippen molar-refractivity contribution in [2.75, 3.05) is 13.2 Å². The molecule has 0 aromatic heterocycles. The molecule has 0 radical (unpaired) electrons. The lowest BCUT2D eigenvalue weighted by atomic mass is 10.3. The van der Waals surface area contributed by atoms with Gasteiger partial charge in [0, 0.05) is 13.8 Å². The molecule has 1 rings (SSSR count). The van der Waals surface area contributed by atoms with Crippen LogP contribution in [0.4, 0.5) is 0 Å². The number of para-hydroxylation sites is 1. The number of nitrogens with zero attached hydrogens (tertiary/aromatic N) is 1. The van der Waals surface area contributed by atoms with Gasteiger partial charge in [0.2, 0.25) is 11.8 Å². The molecule has 0 bridgehead atoms. The van der Waals surface area contributed by atoms with Crippen molar-refractivity contribution in [2.24, 2.45) is 0 Å². The molecule has 0 unspecified atom stereocenters. The molecule has 0 N–H and O–H groups in total. The second-order valence-electron chi connectivity index (χ2n) is 3.35. The fourth-order valence-corrected chi connectivity index (χ4v) is 1.31. The largest absolute Gasteiger partial charge is 0.492 e. The lowest BCUT2D eigenvalue weighted by Gasteiger charge is -2.17. The molecule has 16 heavy (non-hydrogen) atoms. The molecule has 0 spiro atoms. The standard InChI is InChI=1S/C12H15NO3/c1-10(14)13(11(2)15)8-9-16-12-6-4-3-5-7-12/h3-7H,8-9H2,1-2H3. The Hall–Kier alpha value is -1.84. The van der Waals surface area contributed by atoms with Crippen LogP contribution in [-0.4, -0.2) is 29.9 Å². The summed E-state index contributed by atoms with van der Waals surface area (Å²) < 4.78 is 5.39. The van der Waals surface area contributed by atoms with Gasteiger partial charge in [-0.05, 0) is 12.1 Å². The van der Waals surface area contributed by atoms with Crippen molar-refractivity contribution in [1.29, 1.82) is 0 Å². The van der Waals surface area contributed by atoms with E-state index in [1.54, 1.807) is 0 Å². The highest BCUT2D eigenvalue weighted by Crippen LogP contribution is 2.07. The first-order valence-corrected chi connectivity index (χ1v) is 5.08. The topological polar surface area (TPSA) is 46.6 Å². The van der Waals surface area contributed by atoms with Crippen LogP contribution in [0.25, 0.3) is 0 Å². The van der Waals surface area contributed by atoms with Crippen LogP contribution in [0.5, 0.6) is 5.75 Å². The van der Waals surface area contributed by atoms with Gasteiger partial charge in [0.25, 0.3) is 0 Å². The Labute approximate surface area is 94.8 Å². The fraction of sp³-hybridized carbons (Fsp3) is 0.333. The molecule has 0 atom stereocenters. The van der Waals surface area contributed by atoms with Gasteiger partial charge in [-0.15, -0.1) is 0 Å². The molecule has 4 nitrogen and oxygen atoms in total. The highest BCUT2D eigenvalue weighted by atomic mass is 16.5. The highest BCUT2D eigenvalue weighted by Gasteiger charge is 2.12. The average molecular weight is 221 g/mol. The van der Waals surface area contributed by atoms with Crippen LogP contribution in [0.2, 0.25) is 0 Å². The molecule has 2 amide bonds. The molecular formula is C12H15NO3. The van der Waals surface area contributed by atoms with E-state index in [1.165, 1.54) is 13.8 Å². The van der Waals surface area contributed by atoms with E-state index in [0.717, 1.165) is 10.6 Å². The minimum Gasteiger partial charge on any atom is -0.492 e. The molecule has 0 heterocycles. The molecule has 0 saturated carbocycles. The normalized spacial score (nSPS) is 9.62. The van der Waals surface area contributed by atoms with Gasteiger partial charge in [-0.2, -0.15) is 0 Å². The van der Waals surface area contributed by atoms with Crippen LogP contribution in [0.3, 0.4) is 0 Å². The fourth-order valence-electron chi connectivity index (χ4n) is 1.31. The summed E-state index contributed by atoms with van der Waals surface area (Å²) in [6, 6.07) is 9.27. The number of carbonyl (C=O) groups excluding carboxylic acids is 2. The van der Waals surface area contributed by atoms with E-state index < -0.39 is 0 Å². The van der Waals surface area contributed by atoms with Crippen LogP contribution in [-0.2, 0) is 9.59 Å². The Balaban J connectivity index is 2.40. The molecular weight excluding hydrogens is 206 g/mol. The maximum atomic E-state index is 11.1. The molecule has 0 aliphatic rings. The van der Waals surface area contributed by atoms with Crippen molar-refractivity contribution < 1.29 is 14.3 Å². The first-order chi connectivity index (χ1) is 7.61. The minimum absolute atomic E-state index is 0.260. The van der Waals surface area contributed by atoms with Gasteiger partial charge < -0.3 is 4.74 Å². The summed E-state index contributed by atoms with van der Waals surface area (Å²) >= 11 is 0. The maximum absolute atomic E-state index is 11.1. The van der Waals surface area contributed by atoms with Crippen LogP contribution in [0.15, 0.2) is 30.3 Å². The molecule has 0 saturated heterocycles. The number of hydrogen-bond acceptors (Lipinski definition) is 3. The smallest absolute Gasteiger partial charge is 0.226 e. The second-order valence-corrected chi connectivity index (χ2v) is 3.35. The Kier molecular flexibility index (Phi) is 4.51. The molecule has 1 aromatic carbocycles. The van der Waals surface area contributed by atoms with Crippen molar-refractivity contribution in [3.8, 4) is 5.75 Å². The summed E-state index contributed by atoms with van der Waals surface area (Å²) in [4.78, 5) is 23.3. The summed E-state index contributed by atoms with van der Waals surface area (Å²) in [5, 5.41) is 0.